The van der Waals surface area contributed by atoms with Crippen molar-refractivity contribution in [2.24, 2.45) is 0 Å². The second-order valence-electron chi connectivity index (χ2n) is 5.00. The Labute approximate surface area is 116 Å². The number of nitrogens with one attached hydrogen (secondary N) is 1. The van der Waals surface area contributed by atoms with Gasteiger partial charge in [0.15, 0.2) is 0 Å². The van der Waals surface area contributed by atoms with Gasteiger partial charge in [-0.05, 0) is 26.7 Å². The van der Waals surface area contributed by atoms with Gasteiger partial charge < -0.3 is 15.3 Å². The third kappa shape index (κ3) is 5.59. The normalized spacial score (nSPS) is 23.1. The molecule has 0 unspecified atom stereocenters. The Hall–Kier alpha value is -1.11. The second kappa shape index (κ2) is 7.47. The van der Waals surface area contributed by atoms with E-state index in [-0.39, 0.29) is 31.1 Å². The average Bonchev–Trinajstić information content (AvgIpc) is 2.31. The summed E-state index contributed by atoms with van der Waals surface area (Å²) in [4.78, 5) is 24.2. The smallest absolute Gasteiger partial charge is 0.317 e. The molecule has 0 aromatic rings. The molecule has 19 heavy (non-hydrogen) atoms. The van der Waals surface area contributed by atoms with Gasteiger partial charge in [0.25, 0.3) is 0 Å². The molecule has 1 heterocycles. The van der Waals surface area contributed by atoms with Gasteiger partial charge in [-0.1, -0.05) is 0 Å². The number of carboxylic acids is 1. The molecule has 0 aromatic carbocycles. The van der Waals surface area contributed by atoms with Gasteiger partial charge in [-0.3, -0.25) is 9.00 Å². The van der Waals surface area contributed by atoms with Crippen molar-refractivity contribution in [2.45, 2.75) is 45.2 Å². The summed E-state index contributed by atoms with van der Waals surface area (Å²) in [6.07, 6.45) is 1.40. The topological polar surface area (TPSA) is 86.7 Å². The SMILES string of the molecule is CC(C)N(CCC(=O)O)C(=O)NC1CCS(=O)CC1. The molecule has 0 aromatic heterocycles. The molecule has 1 fully saturated rings. The number of hydrogen-bond donors (Lipinski definition) is 2. The van der Waals surface area contributed by atoms with Gasteiger partial charge in [0.2, 0.25) is 0 Å². The van der Waals surface area contributed by atoms with Crippen molar-refractivity contribution in [3.63, 3.8) is 0 Å². The lowest BCUT2D eigenvalue weighted by Gasteiger charge is -2.30. The third-order valence-electron chi connectivity index (χ3n) is 3.17. The predicted molar refractivity (Wildman–Crippen MR) is 73.5 cm³/mol. The van der Waals surface area contributed by atoms with Gasteiger partial charge in [0.1, 0.15) is 0 Å². The van der Waals surface area contributed by atoms with Crippen molar-refractivity contribution in [3.8, 4) is 0 Å². The summed E-state index contributed by atoms with van der Waals surface area (Å²) in [5.74, 6) is 0.343. The maximum Gasteiger partial charge on any atom is 0.317 e. The molecule has 2 amide bonds. The minimum absolute atomic E-state index is 0.0444. The molecule has 0 saturated carbocycles. The lowest BCUT2D eigenvalue weighted by Crippen LogP contribution is -2.49. The van der Waals surface area contributed by atoms with Crippen LogP contribution in [0.25, 0.3) is 0 Å². The van der Waals surface area contributed by atoms with Crippen LogP contribution in [0.15, 0.2) is 0 Å². The van der Waals surface area contributed by atoms with Gasteiger partial charge >= 0.3 is 12.0 Å². The van der Waals surface area contributed by atoms with Crippen LogP contribution in [0.3, 0.4) is 0 Å². The van der Waals surface area contributed by atoms with Crippen LogP contribution >= 0.6 is 0 Å². The van der Waals surface area contributed by atoms with E-state index < -0.39 is 16.8 Å². The molecule has 2 N–H and O–H groups in total. The first-order chi connectivity index (χ1) is 8.90. The van der Waals surface area contributed by atoms with Crippen molar-refractivity contribution in [1.82, 2.24) is 10.2 Å². The Morgan fingerprint density at radius 2 is 1.95 bits per heavy atom. The van der Waals surface area contributed by atoms with Crippen LogP contribution in [0.2, 0.25) is 0 Å². The molecule has 0 aliphatic carbocycles. The molecule has 0 bridgehead atoms. The van der Waals surface area contributed by atoms with Crippen LogP contribution in [0.1, 0.15) is 33.1 Å². The molecular weight excluding hydrogens is 268 g/mol. The first-order valence-electron chi connectivity index (χ1n) is 6.54. The van der Waals surface area contributed by atoms with Crippen molar-refractivity contribution >= 4 is 22.8 Å². The Morgan fingerprint density at radius 1 is 1.37 bits per heavy atom. The molecule has 110 valence electrons. The molecule has 6 nitrogen and oxygen atoms in total. The zero-order valence-corrected chi connectivity index (χ0v) is 12.2. The Kier molecular flexibility index (Phi) is 6.27. The summed E-state index contributed by atoms with van der Waals surface area (Å²) in [6, 6.07) is -0.220. The zero-order valence-electron chi connectivity index (χ0n) is 11.4. The van der Waals surface area contributed by atoms with E-state index in [2.05, 4.69) is 5.32 Å². The highest BCUT2D eigenvalue weighted by Crippen LogP contribution is 2.10. The van der Waals surface area contributed by atoms with E-state index in [1.54, 1.807) is 0 Å². The molecule has 0 spiro atoms. The fourth-order valence-electron chi connectivity index (χ4n) is 2.01. The fraction of sp³-hybridized carbons (Fsp3) is 0.833. The minimum atomic E-state index is -0.911. The molecule has 1 aliphatic rings. The van der Waals surface area contributed by atoms with Crippen molar-refractivity contribution < 1.29 is 18.9 Å². The molecule has 1 rings (SSSR count). The van der Waals surface area contributed by atoms with E-state index in [1.165, 1.54) is 4.90 Å². The Morgan fingerprint density at radius 3 is 2.42 bits per heavy atom. The molecule has 1 aliphatic heterocycles. The summed E-state index contributed by atoms with van der Waals surface area (Å²) >= 11 is 0. The number of carboxylic acid groups (broad SMARTS) is 1. The van der Waals surface area contributed by atoms with Gasteiger partial charge in [0.05, 0.1) is 6.42 Å². The monoisotopic (exact) mass is 290 g/mol. The van der Waals surface area contributed by atoms with Crippen LogP contribution in [0.4, 0.5) is 4.79 Å². The van der Waals surface area contributed by atoms with Gasteiger partial charge in [0, 0.05) is 40.9 Å². The summed E-state index contributed by atoms with van der Waals surface area (Å²) in [5.41, 5.74) is 0. The summed E-state index contributed by atoms with van der Waals surface area (Å²) in [7, 11) is -0.747. The van der Waals surface area contributed by atoms with Gasteiger partial charge in [-0.15, -0.1) is 0 Å². The predicted octanol–water partition coefficient (Wildman–Crippen LogP) is 0.792. The maximum absolute atomic E-state index is 12.1. The standard InChI is InChI=1S/C12H22N2O4S/c1-9(2)14(6-3-11(15)16)12(17)13-10-4-7-19(18)8-5-10/h9-10H,3-8H2,1-2H3,(H,13,17)(H,15,16). The molecular formula is C12H22N2O4S. The van der Waals surface area contributed by atoms with E-state index in [4.69, 9.17) is 5.11 Å². The van der Waals surface area contributed by atoms with Gasteiger partial charge in [-0.2, -0.15) is 0 Å². The quantitative estimate of drug-likeness (QED) is 0.784. The molecule has 7 heteroatoms. The number of rotatable bonds is 5. The van der Waals surface area contributed by atoms with Crippen molar-refractivity contribution in [3.05, 3.63) is 0 Å². The molecule has 0 radical (unpaired) electrons. The molecule has 1 saturated heterocycles. The van der Waals surface area contributed by atoms with E-state index in [0.29, 0.717) is 11.5 Å². The first kappa shape index (κ1) is 15.9. The number of nitrogens with zero attached hydrogens (tertiary/aromatic N) is 1. The number of carbonyl (C=O) groups excluding carboxylic acids is 1. The lowest BCUT2D eigenvalue weighted by molar-refractivity contribution is -0.137. The van der Waals surface area contributed by atoms with E-state index >= 15 is 0 Å². The van der Waals surface area contributed by atoms with Crippen LogP contribution in [-0.4, -0.2) is 56.3 Å². The maximum atomic E-state index is 12.1. The average molecular weight is 290 g/mol. The van der Waals surface area contributed by atoms with E-state index in [0.717, 1.165) is 12.8 Å². The highest BCUT2D eigenvalue weighted by atomic mass is 32.2. The largest absolute Gasteiger partial charge is 0.481 e. The second-order valence-corrected chi connectivity index (χ2v) is 6.70. The van der Waals surface area contributed by atoms with Crippen molar-refractivity contribution in [2.75, 3.05) is 18.1 Å². The number of urea groups is 1. The zero-order chi connectivity index (χ0) is 14.4. The van der Waals surface area contributed by atoms with Crippen LogP contribution < -0.4 is 5.32 Å². The summed E-state index contributed by atoms with van der Waals surface area (Å²) < 4.78 is 11.2. The third-order valence-corrected chi connectivity index (χ3v) is 4.55. The Balaban J connectivity index is 2.47. The fourth-order valence-corrected chi connectivity index (χ4v) is 3.30. The van der Waals surface area contributed by atoms with Crippen LogP contribution in [0, 0.1) is 0 Å². The number of aliphatic carboxylic acids is 1. The highest BCUT2D eigenvalue weighted by molar-refractivity contribution is 7.85. The van der Waals surface area contributed by atoms with E-state index in [9.17, 15) is 13.8 Å². The number of hydrogen-bond acceptors (Lipinski definition) is 3. The minimum Gasteiger partial charge on any atom is -0.481 e. The number of amides is 2. The van der Waals surface area contributed by atoms with Crippen molar-refractivity contribution in [1.29, 1.82) is 0 Å². The van der Waals surface area contributed by atoms with Crippen LogP contribution in [0.5, 0.6) is 0 Å². The molecule has 0 atom stereocenters. The van der Waals surface area contributed by atoms with Gasteiger partial charge in [-0.25, -0.2) is 4.79 Å². The van der Waals surface area contributed by atoms with E-state index in [1.807, 2.05) is 13.8 Å². The summed E-state index contributed by atoms with van der Waals surface area (Å²) in [5, 5.41) is 11.6. The highest BCUT2D eigenvalue weighted by Gasteiger charge is 2.23. The first-order valence-corrected chi connectivity index (χ1v) is 8.03. The number of carbonyl (C=O) groups is 2. The van der Waals surface area contributed by atoms with Crippen LogP contribution in [-0.2, 0) is 15.6 Å². The lowest BCUT2D eigenvalue weighted by atomic mass is 10.1. The Bertz CT molecular complexity index is 350. The summed E-state index contributed by atoms with van der Waals surface area (Å²) in [6.45, 7) is 3.92.